The van der Waals surface area contributed by atoms with Gasteiger partial charge in [0, 0.05) is 38.8 Å². The maximum absolute atomic E-state index is 14.0. The number of likely N-dealkylation sites (tertiary alicyclic amines) is 1. The lowest BCUT2D eigenvalue weighted by molar-refractivity contribution is -0.142. The minimum Gasteiger partial charge on any atom is -0.506 e. The summed E-state index contributed by atoms with van der Waals surface area (Å²) in [6, 6.07) is 6.81. The molecule has 0 unspecified atom stereocenters. The number of carbonyl (C=O) groups is 5. The molecule has 1 aromatic carbocycles. The standard InChI is InChI=1S/C40H65N5O9/c1-12-25(6)29(22-41-38(49)33(23(2)3)43-39(50)34(24(4)5)44-40(51)54-11)31(52-9)21-32(46)45-20-16-19-30(45)36(53-10)26(7)37(48)42-27(8)35(47)28-17-14-13-15-18-28/h13-15,17-18,23-26,29-31,33-34,36,47H,12,16,19-22H2,1-11H3,(H,41,49)(H,42,48)(H,43,50)(H,44,51)/b35-27-/t25-,26+,29+,30-,31+,33-,34-,36+/m0/s1. The molecule has 1 aromatic rings. The molecule has 0 aromatic heterocycles. The largest absolute Gasteiger partial charge is 0.506 e. The third kappa shape index (κ3) is 12.7. The summed E-state index contributed by atoms with van der Waals surface area (Å²) in [5.41, 5.74) is 0.897. The van der Waals surface area contributed by atoms with Crippen LogP contribution >= 0.6 is 0 Å². The Hall–Kier alpha value is -4.17. The van der Waals surface area contributed by atoms with Crippen molar-refractivity contribution in [2.24, 2.45) is 29.6 Å². The fourth-order valence-electron chi connectivity index (χ4n) is 6.99. The molecule has 1 fully saturated rings. The number of hydrogen-bond acceptors (Lipinski definition) is 9. The Morgan fingerprint density at radius 1 is 0.870 bits per heavy atom. The van der Waals surface area contributed by atoms with Crippen LogP contribution in [-0.2, 0) is 33.4 Å². The van der Waals surface area contributed by atoms with Crippen LogP contribution in [0.4, 0.5) is 4.79 Å². The molecule has 0 radical (unpaired) electrons. The van der Waals surface area contributed by atoms with Crippen molar-refractivity contribution in [2.75, 3.05) is 34.4 Å². The Bertz CT molecular complexity index is 1420. The van der Waals surface area contributed by atoms with E-state index < -0.39 is 42.2 Å². The van der Waals surface area contributed by atoms with Gasteiger partial charge in [-0.1, -0.05) is 85.2 Å². The Morgan fingerprint density at radius 3 is 2.02 bits per heavy atom. The van der Waals surface area contributed by atoms with Gasteiger partial charge in [-0.3, -0.25) is 19.2 Å². The first-order chi connectivity index (χ1) is 25.5. The van der Waals surface area contributed by atoms with Crippen molar-refractivity contribution in [3.8, 4) is 0 Å². The molecule has 1 aliphatic rings. The average Bonchev–Trinajstić information content (AvgIpc) is 3.64. The van der Waals surface area contributed by atoms with Gasteiger partial charge in [-0.25, -0.2) is 4.79 Å². The van der Waals surface area contributed by atoms with Crippen molar-refractivity contribution in [3.63, 3.8) is 0 Å². The summed E-state index contributed by atoms with van der Waals surface area (Å²) in [5.74, 6) is -2.72. The van der Waals surface area contributed by atoms with E-state index in [2.05, 4.69) is 26.0 Å². The van der Waals surface area contributed by atoms with Gasteiger partial charge in [0.25, 0.3) is 0 Å². The first-order valence-corrected chi connectivity index (χ1v) is 19.1. The average molecular weight is 760 g/mol. The molecular weight excluding hydrogens is 694 g/mol. The Labute approximate surface area is 321 Å². The van der Waals surface area contributed by atoms with E-state index in [1.165, 1.54) is 14.2 Å². The van der Waals surface area contributed by atoms with E-state index in [1.807, 2.05) is 33.8 Å². The van der Waals surface area contributed by atoms with Gasteiger partial charge >= 0.3 is 6.09 Å². The van der Waals surface area contributed by atoms with Crippen molar-refractivity contribution < 1.29 is 43.3 Å². The van der Waals surface area contributed by atoms with Crippen LogP contribution in [0.1, 0.15) is 86.6 Å². The highest BCUT2D eigenvalue weighted by atomic mass is 16.5. The highest BCUT2D eigenvalue weighted by molar-refractivity contribution is 5.91. The van der Waals surface area contributed by atoms with Gasteiger partial charge in [-0.2, -0.15) is 0 Å². The number of nitrogens with zero attached hydrogens (tertiary/aromatic N) is 1. The van der Waals surface area contributed by atoms with Gasteiger partial charge in [0.2, 0.25) is 23.6 Å². The number of alkyl carbamates (subject to hydrolysis) is 1. The topological polar surface area (TPSA) is 185 Å². The van der Waals surface area contributed by atoms with E-state index in [0.717, 1.165) is 12.8 Å². The number of benzene rings is 1. The van der Waals surface area contributed by atoms with Crippen molar-refractivity contribution >= 4 is 35.5 Å². The zero-order valence-corrected chi connectivity index (χ0v) is 34.1. The molecule has 5 N–H and O–H groups in total. The third-order valence-corrected chi connectivity index (χ3v) is 10.6. The monoisotopic (exact) mass is 759 g/mol. The number of amides is 5. The molecule has 14 heteroatoms. The lowest BCUT2D eigenvalue weighted by Crippen LogP contribution is -2.57. The molecule has 0 spiro atoms. The number of nitrogens with one attached hydrogen (secondary N) is 4. The van der Waals surface area contributed by atoms with Gasteiger partial charge in [0.1, 0.15) is 17.8 Å². The molecule has 0 bridgehead atoms. The van der Waals surface area contributed by atoms with Crippen LogP contribution in [0.25, 0.3) is 5.76 Å². The van der Waals surface area contributed by atoms with E-state index in [4.69, 9.17) is 9.47 Å². The highest BCUT2D eigenvalue weighted by Crippen LogP contribution is 2.30. The van der Waals surface area contributed by atoms with Crippen molar-refractivity contribution in [1.82, 2.24) is 26.2 Å². The second-order valence-electron chi connectivity index (χ2n) is 15.0. The van der Waals surface area contributed by atoms with E-state index in [0.29, 0.717) is 24.2 Å². The Morgan fingerprint density at radius 2 is 1.48 bits per heavy atom. The number of ether oxygens (including phenoxy) is 3. The van der Waals surface area contributed by atoms with Gasteiger partial charge in [0.15, 0.2) is 0 Å². The molecule has 54 heavy (non-hydrogen) atoms. The molecule has 2 rings (SSSR count). The molecule has 1 saturated heterocycles. The lowest BCUT2D eigenvalue weighted by Gasteiger charge is -2.36. The van der Waals surface area contributed by atoms with E-state index in [-0.39, 0.29) is 66.2 Å². The second-order valence-corrected chi connectivity index (χ2v) is 15.0. The molecule has 14 nitrogen and oxygen atoms in total. The fraction of sp³-hybridized carbons (Fsp3) is 0.675. The van der Waals surface area contributed by atoms with Crippen LogP contribution in [0.2, 0.25) is 0 Å². The Balaban J connectivity index is 2.17. The highest BCUT2D eigenvalue weighted by Gasteiger charge is 2.41. The maximum atomic E-state index is 14.0. The van der Waals surface area contributed by atoms with E-state index in [1.54, 1.807) is 64.0 Å². The second kappa shape index (κ2) is 22.3. The summed E-state index contributed by atoms with van der Waals surface area (Å²) in [4.78, 5) is 67.8. The van der Waals surface area contributed by atoms with E-state index >= 15 is 0 Å². The van der Waals surface area contributed by atoms with Crippen molar-refractivity contribution in [3.05, 3.63) is 41.6 Å². The predicted molar refractivity (Wildman–Crippen MR) is 207 cm³/mol. The lowest BCUT2D eigenvalue weighted by atomic mass is 9.84. The van der Waals surface area contributed by atoms with E-state index in [9.17, 15) is 29.1 Å². The van der Waals surface area contributed by atoms with Crippen LogP contribution in [0.3, 0.4) is 0 Å². The number of rotatable bonds is 20. The molecular formula is C40H65N5O9. The van der Waals surface area contributed by atoms with Gasteiger partial charge < -0.3 is 45.5 Å². The van der Waals surface area contributed by atoms with Crippen LogP contribution in [0.5, 0.6) is 0 Å². The van der Waals surface area contributed by atoms with Crippen LogP contribution in [0, 0.1) is 29.6 Å². The molecule has 0 saturated carbocycles. The minimum atomic E-state index is -0.901. The predicted octanol–water partition coefficient (Wildman–Crippen LogP) is 4.40. The van der Waals surface area contributed by atoms with Crippen LogP contribution in [-0.4, -0.2) is 104 Å². The molecule has 304 valence electrons. The fourth-order valence-corrected chi connectivity index (χ4v) is 6.99. The minimum absolute atomic E-state index is 0.0300. The summed E-state index contributed by atoms with van der Waals surface area (Å²) in [6.07, 6.45) is 0.348. The molecule has 8 atom stereocenters. The summed E-state index contributed by atoms with van der Waals surface area (Å²) < 4.78 is 16.5. The summed E-state index contributed by atoms with van der Waals surface area (Å²) in [5, 5.41) is 21.8. The zero-order valence-electron chi connectivity index (χ0n) is 34.1. The zero-order chi connectivity index (χ0) is 40.7. The van der Waals surface area contributed by atoms with Crippen molar-refractivity contribution in [1.29, 1.82) is 0 Å². The van der Waals surface area contributed by atoms with Crippen LogP contribution < -0.4 is 21.3 Å². The van der Waals surface area contributed by atoms with Crippen molar-refractivity contribution in [2.45, 2.75) is 111 Å². The number of allylic oxidation sites excluding steroid dienone is 1. The molecule has 1 aliphatic heterocycles. The Kier molecular flexibility index (Phi) is 19.0. The number of hydrogen-bond donors (Lipinski definition) is 5. The third-order valence-electron chi connectivity index (χ3n) is 10.6. The first-order valence-electron chi connectivity index (χ1n) is 19.1. The number of aliphatic hydroxyl groups is 1. The number of carbonyl (C=O) groups excluding carboxylic acids is 5. The van der Waals surface area contributed by atoms with Crippen LogP contribution in [0.15, 0.2) is 36.0 Å². The summed E-state index contributed by atoms with van der Waals surface area (Å²) in [6.45, 7) is 15.4. The van der Waals surface area contributed by atoms with Gasteiger partial charge in [0.05, 0.1) is 43.4 Å². The molecule has 5 amide bonds. The maximum Gasteiger partial charge on any atom is 0.407 e. The van der Waals surface area contributed by atoms with Gasteiger partial charge in [-0.05, 0) is 37.5 Å². The first kappa shape index (κ1) is 46.0. The smallest absolute Gasteiger partial charge is 0.407 e. The summed E-state index contributed by atoms with van der Waals surface area (Å²) >= 11 is 0. The normalized spacial score (nSPS) is 18.8. The number of methoxy groups -OCH3 is 3. The summed E-state index contributed by atoms with van der Waals surface area (Å²) in [7, 11) is 4.30. The molecule has 0 aliphatic carbocycles. The quantitative estimate of drug-likeness (QED) is 0.120. The molecule has 1 heterocycles. The number of aliphatic hydroxyl groups excluding tert-OH is 1. The SMILES string of the molecule is CC[C@H](C)[C@@H](CNC(=O)[C@@H](NC(=O)[C@@H](NC(=O)OC)C(C)C)C(C)C)[C@@H](CC(=O)N1CCC[C@H]1[C@H](OC)[C@@H](C)C(=O)N/C(C)=C(\O)c1ccccc1)OC. The van der Waals surface area contributed by atoms with Gasteiger partial charge in [-0.15, -0.1) is 0 Å².